The van der Waals surface area contributed by atoms with E-state index in [-0.39, 0.29) is 5.60 Å². The number of piperidine rings is 1. The molecular weight excluding hydrogens is 338 g/mol. The van der Waals surface area contributed by atoms with Gasteiger partial charge in [-0.25, -0.2) is 8.42 Å². The molecule has 1 aromatic carbocycles. The normalized spacial score (nSPS) is 26.2. The van der Waals surface area contributed by atoms with Crippen molar-refractivity contribution in [3.05, 3.63) is 23.8 Å². The predicted molar refractivity (Wildman–Crippen MR) is 98.5 cm³/mol. The molecule has 0 aromatic heterocycles. The van der Waals surface area contributed by atoms with Gasteiger partial charge in [-0.05, 0) is 70.1 Å². The number of sulfonamides is 1. The summed E-state index contributed by atoms with van der Waals surface area (Å²) in [7, 11) is -3.28. The van der Waals surface area contributed by atoms with Crippen molar-refractivity contribution in [2.45, 2.75) is 43.7 Å². The minimum absolute atomic E-state index is 0.0860. The number of hydrogen-bond acceptors (Lipinski definition) is 5. The molecule has 2 N–H and O–H groups in total. The van der Waals surface area contributed by atoms with Gasteiger partial charge in [-0.1, -0.05) is 0 Å². The van der Waals surface area contributed by atoms with E-state index in [1.165, 1.54) is 19.1 Å². The molecule has 0 amide bonds. The van der Waals surface area contributed by atoms with Gasteiger partial charge in [0, 0.05) is 23.7 Å². The molecule has 2 fully saturated rings. The molecule has 1 atom stereocenters. The van der Waals surface area contributed by atoms with Crippen molar-refractivity contribution in [1.29, 1.82) is 0 Å². The summed E-state index contributed by atoms with van der Waals surface area (Å²) in [6, 6.07) is 6.02. The minimum atomic E-state index is -3.28. The molecule has 0 radical (unpaired) electrons. The lowest BCUT2D eigenvalue weighted by atomic mass is 9.80. The topological polar surface area (TPSA) is 70.7 Å². The van der Waals surface area contributed by atoms with Crippen LogP contribution in [0.15, 0.2) is 18.2 Å². The van der Waals surface area contributed by atoms with Crippen LogP contribution in [0.25, 0.3) is 0 Å². The van der Waals surface area contributed by atoms with Crippen molar-refractivity contribution in [3.63, 3.8) is 0 Å². The van der Waals surface area contributed by atoms with Crippen molar-refractivity contribution in [2.24, 2.45) is 0 Å². The van der Waals surface area contributed by atoms with E-state index < -0.39 is 10.0 Å². The van der Waals surface area contributed by atoms with Gasteiger partial charge < -0.3 is 10.1 Å². The van der Waals surface area contributed by atoms with E-state index >= 15 is 0 Å². The molecule has 3 heterocycles. The van der Waals surface area contributed by atoms with E-state index in [0.29, 0.717) is 11.7 Å². The van der Waals surface area contributed by atoms with E-state index in [0.717, 1.165) is 56.8 Å². The fraction of sp³-hybridized carbons (Fsp3) is 0.667. The van der Waals surface area contributed by atoms with E-state index in [9.17, 15) is 8.42 Å². The maximum absolute atomic E-state index is 11.6. The molecule has 3 aliphatic rings. The van der Waals surface area contributed by atoms with E-state index in [2.05, 4.69) is 14.9 Å². The third-order valence-corrected chi connectivity index (χ3v) is 6.27. The van der Waals surface area contributed by atoms with Crippen molar-refractivity contribution < 1.29 is 13.2 Å². The second kappa shape index (κ2) is 6.45. The Morgan fingerprint density at radius 3 is 2.64 bits per heavy atom. The quantitative estimate of drug-likeness (QED) is 0.858. The molecule has 1 spiro atoms. The summed E-state index contributed by atoms with van der Waals surface area (Å²) >= 11 is 0. The van der Waals surface area contributed by atoms with Crippen LogP contribution in [-0.2, 0) is 10.0 Å². The summed E-state index contributed by atoms with van der Waals surface area (Å²) in [4.78, 5) is 2.55. The maximum atomic E-state index is 11.6. The van der Waals surface area contributed by atoms with Gasteiger partial charge in [-0.3, -0.25) is 9.62 Å². The molecular formula is C18H27N3O3S. The Labute approximate surface area is 150 Å². The highest BCUT2D eigenvalue weighted by Crippen LogP contribution is 2.47. The molecule has 0 saturated carbocycles. The third kappa shape index (κ3) is 3.64. The molecule has 4 rings (SSSR count). The number of nitrogens with one attached hydrogen (secondary N) is 2. The Morgan fingerprint density at radius 2 is 1.96 bits per heavy atom. The minimum Gasteiger partial charge on any atom is -0.487 e. The summed E-state index contributed by atoms with van der Waals surface area (Å²) < 4.78 is 32.3. The standard InChI is InChI=1S/C18H27N3O3S/c1-25(22,23)20-14-4-5-17-15(12-14)16(21-10-2-3-11-21)13-18(24-17)6-8-19-9-7-18/h4-5,12,16,19-20H,2-3,6-11,13H2,1H3. The zero-order valence-corrected chi connectivity index (χ0v) is 15.6. The largest absolute Gasteiger partial charge is 0.487 e. The van der Waals surface area contributed by atoms with E-state index in [1.54, 1.807) is 6.07 Å². The van der Waals surface area contributed by atoms with E-state index in [4.69, 9.17) is 4.74 Å². The first-order chi connectivity index (χ1) is 11.9. The smallest absolute Gasteiger partial charge is 0.229 e. The van der Waals surface area contributed by atoms with Crippen LogP contribution in [0, 0.1) is 0 Å². The Bertz CT molecular complexity index is 738. The molecule has 3 aliphatic heterocycles. The number of fused-ring (bicyclic) bond motifs is 1. The first kappa shape index (κ1) is 17.1. The van der Waals surface area contributed by atoms with Crippen molar-refractivity contribution in [3.8, 4) is 5.75 Å². The molecule has 0 aliphatic carbocycles. The number of rotatable bonds is 3. The Morgan fingerprint density at radius 1 is 1.24 bits per heavy atom. The monoisotopic (exact) mass is 365 g/mol. The van der Waals surface area contributed by atoms with Crippen molar-refractivity contribution in [1.82, 2.24) is 10.2 Å². The first-order valence-electron chi connectivity index (χ1n) is 9.20. The van der Waals surface area contributed by atoms with Crippen LogP contribution in [0.5, 0.6) is 5.75 Å². The average molecular weight is 365 g/mol. The van der Waals surface area contributed by atoms with Gasteiger partial charge in [0.15, 0.2) is 0 Å². The third-order valence-electron chi connectivity index (χ3n) is 5.66. The molecule has 1 aromatic rings. The Kier molecular flexibility index (Phi) is 4.42. The van der Waals surface area contributed by atoms with Gasteiger partial charge >= 0.3 is 0 Å². The van der Waals surface area contributed by atoms with Gasteiger partial charge in [-0.15, -0.1) is 0 Å². The number of nitrogens with zero attached hydrogens (tertiary/aromatic N) is 1. The lowest BCUT2D eigenvalue weighted by Crippen LogP contribution is -2.51. The lowest BCUT2D eigenvalue weighted by molar-refractivity contribution is -0.0159. The summed E-state index contributed by atoms with van der Waals surface area (Å²) in [5.41, 5.74) is 1.66. The maximum Gasteiger partial charge on any atom is 0.229 e. The molecule has 0 bridgehead atoms. The zero-order chi connectivity index (χ0) is 17.5. The molecule has 2 saturated heterocycles. The molecule has 7 heteroatoms. The van der Waals surface area contributed by atoms with Crippen LogP contribution in [0.2, 0.25) is 0 Å². The molecule has 6 nitrogen and oxygen atoms in total. The van der Waals surface area contributed by atoms with Gasteiger partial charge in [-0.2, -0.15) is 0 Å². The molecule has 25 heavy (non-hydrogen) atoms. The summed E-state index contributed by atoms with van der Waals surface area (Å²) in [6.45, 7) is 4.22. The summed E-state index contributed by atoms with van der Waals surface area (Å²) in [5.74, 6) is 0.920. The number of benzene rings is 1. The van der Waals surface area contributed by atoms with Crippen LogP contribution in [0.4, 0.5) is 5.69 Å². The average Bonchev–Trinajstić information content (AvgIpc) is 3.08. The highest BCUT2D eigenvalue weighted by Gasteiger charge is 2.44. The highest BCUT2D eigenvalue weighted by molar-refractivity contribution is 7.92. The van der Waals surface area contributed by atoms with Crippen LogP contribution in [-0.4, -0.2) is 51.4 Å². The van der Waals surface area contributed by atoms with Gasteiger partial charge in [0.1, 0.15) is 11.4 Å². The number of hydrogen-bond donors (Lipinski definition) is 2. The molecule has 138 valence electrons. The fourth-order valence-electron chi connectivity index (χ4n) is 4.48. The van der Waals surface area contributed by atoms with E-state index in [1.807, 2.05) is 12.1 Å². The van der Waals surface area contributed by atoms with Crippen LogP contribution in [0.3, 0.4) is 0 Å². The summed E-state index contributed by atoms with van der Waals surface area (Å²) in [6.07, 6.45) is 6.71. The highest BCUT2D eigenvalue weighted by atomic mass is 32.2. The number of anilines is 1. The number of likely N-dealkylation sites (tertiary alicyclic amines) is 1. The van der Waals surface area contributed by atoms with Crippen LogP contribution >= 0.6 is 0 Å². The Balaban J connectivity index is 1.70. The molecule has 1 unspecified atom stereocenters. The number of ether oxygens (including phenoxy) is 1. The van der Waals surface area contributed by atoms with Gasteiger partial charge in [0.05, 0.1) is 6.26 Å². The second-order valence-corrected chi connectivity index (χ2v) is 9.37. The van der Waals surface area contributed by atoms with Gasteiger partial charge in [0.25, 0.3) is 0 Å². The summed E-state index contributed by atoms with van der Waals surface area (Å²) in [5, 5.41) is 3.43. The van der Waals surface area contributed by atoms with Crippen LogP contribution < -0.4 is 14.8 Å². The zero-order valence-electron chi connectivity index (χ0n) is 14.8. The lowest BCUT2D eigenvalue weighted by Gasteiger charge is -2.47. The van der Waals surface area contributed by atoms with Crippen molar-refractivity contribution in [2.75, 3.05) is 37.2 Å². The first-order valence-corrected chi connectivity index (χ1v) is 11.1. The van der Waals surface area contributed by atoms with Gasteiger partial charge in [0.2, 0.25) is 10.0 Å². The van der Waals surface area contributed by atoms with Crippen molar-refractivity contribution >= 4 is 15.7 Å². The predicted octanol–water partition coefficient (Wildman–Crippen LogP) is 2.10. The Hall–Kier alpha value is -1.31. The SMILES string of the molecule is CS(=O)(=O)Nc1ccc2c(c1)C(N1CCCC1)CC1(CCNCC1)O2. The fourth-order valence-corrected chi connectivity index (χ4v) is 5.04. The van der Waals surface area contributed by atoms with Crippen LogP contribution in [0.1, 0.15) is 43.7 Å². The second-order valence-electron chi connectivity index (χ2n) is 7.62.